The van der Waals surface area contributed by atoms with Crippen LogP contribution in [0.5, 0.6) is 0 Å². The fraction of sp³-hybridized carbons (Fsp3) is 0.368. The van der Waals surface area contributed by atoms with Crippen LogP contribution in [0.2, 0.25) is 5.02 Å². The largest absolute Gasteiger partial charge is 0.370 e. The van der Waals surface area contributed by atoms with Gasteiger partial charge in [0.2, 0.25) is 0 Å². The van der Waals surface area contributed by atoms with E-state index in [0.717, 1.165) is 58.5 Å². The van der Waals surface area contributed by atoms with Crippen molar-refractivity contribution in [3.8, 4) is 11.1 Å². The molecular weight excluding hydrogens is 334 g/mol. The van der Waals surface area contributed by atoms with Gasteiger partial charge in [0.25, 0.3) is 0 Å². The van der Waals surface area contributed by atoms with Crippen molar-refractivity contribution in [2.75, 3.05) is 32.5 Å². The predicted molar refractivity (Wildman–Crippen MR) is 104 cm³/mol. The van der Waals surface area contributed by atoms with E-state index >= 15 is 0 Å². The molecule has 0 fully saturated rings. The Kier molecular flexibility index (Phi) is 5.25. The van der Waals surface area contributed by atoms with Crippen LogP contribution in [0.25, 0.3) is 16.8 Å². The molecule has 0 atom stereocenters. The van der Waals surface area contributed by atoms with Gasteiger partial charge < -0.3 is 10.2 Å². The van der Waals surface area contributed by atoms with Crippen LogP contribution >= 0.6 is 11.6 Å². The predicted octanol–water partition coefficient (Wildman–Crippen LogP) is 2.61. The molecule has 5 nitrogen and oxygen atoms in total. The van der Waals surface area contributed by atoms with E-state index in [1.165, 1.54) is 4.90 Å². The second kappa shape index (κ2) is 7.42. The summed E-state index contributed by atoms with van der Waals surface area (Å²) in [5.74, 6) is 0.986. The Morgan fingerprint density at radius 2 is 1.88 bits per heavy atom. The average Bonchev–Trinajstić information content (AvgIpc) is 2.88. The highest BCUT2D eigenvalue weighted by atomic mass is 35.5. The van der Waals surface area contributed by atoms with E-state index in [9.17, 15) is 0 Å². The Bertz CT molecular complexity index is 868. The van der Waals surface area contributed by atoms with Gasteiger partial charge in [-0.2, -0.15) is 9.61 Å². The average molecular weight is 359 g/mol. The molecule has 6 heteroatoms. The molecule has 1 aromatic carbocycles. The van der Waals surface area contributed by atoms with Crippen LogP contribution in [0.15, 0.2) is 30.3 Å². The molecule has 25 heavy (non-hydrogen) atoms. The van der Waals surface area contributed by atoms with Crippen LogP contribution in [0.1, 0.15) is 17.8 Å². The van der Waals surface area contributed by atoms with Crippen LogP contribution in [-0.2, 0) is 0 Å². The quantitative estimate of drug-likeness (QED) is 0.666. The molecule has 0 bridgehead atoms. The molecule has 3 rings (SSSR count). The zero-order valence-electron chi connectivity index (χ0n) is 15.2. The molecule has 3 aromatic rings. The summed E-state index contributed by atoms with van der Waals surface area (Å²) in [6.07, 6.45) is 1.11. The highest BCUT2D eigenvalue weighted by Gasteiger charge is 2.16. The van der Waals surface area contributed by atoms with Crippen molar-refractivity contribution in [1.29, 1.82) is 0 Å². The van der Waals surface area contributed by atoms with E-state index < -0.39 is 0 Å². The number of aryl methyl sites for hydroxylation is 2. The molecule has 0 radical (unpaired) electrons. The summed E-state index contributed by atoms with van der Waals surface area (Å²) in [7, 11) is 4.34. The summed E-state index contributed by atoms with van der Waals surface area (Å²) in [5.41, 5.74) is 4.95. The Labute approximate surface area is 153 Å². The summed E-state index contributed by atoms with van der Waals surface area (Å²) in [5, 5.41) is 8.96. The van der Waals surface area contributed by atoms with Gasteiger partial charge >= 0.3 is 0 Å². The summed E-state index contributed by atoms with van der Waals surface area (Å²) in [6.45, 7) is 6.09. The van der Waals surface area contributed by atoms with E-state index in [1.807, 2.05) is 48.7 Å². The van der Waals surface area contributed by atoms with E-state index in [1.54, 1.807) is 0 Å². The van der Waals surface area contributed by atoms with Gasteiger partial charge in [-0.3, -0.25) is 0 Å². The molecule has 0 unspecified atom stereocenters. The summed E-state index contributed by atoms with van der Waals surface area (Å²) in [4.78, 5) is 6.19. The van der Waals surface area contributed by atoms with Crippen LogP contribution < -0.4 is 10.2 Å². The van der Waals surface area contributed by atoms with Crippen molar-refractivity contribution in [2.45, 2.75) is 20.3 Å². The molecule has 2 heterocycles. The van der Waals surface area contributed by atoms with Gasteiger partial charge in [0.1, 0.15) is 5.82 Å². The number of quaternary nitrogens is 1. The third kappa shape index (κ3) is 3.94. The fourth-order valence-corrected chi connectivity index (χ4v) is 3.11. The monoisotopic (exact) mass is 358 g/mol. The summed E-state index contributed by atoms with van der Waals surface area (Å²) >= 11 is 6.03. The summed E-state index contributed by atoms with van der Waals surface area (Å²) in [6, 6.07) is 9.89. The van der Waals surface area contributed by atoms with Gasteiger partial charge in [0.05, 0.1) is 26.3 Å². The first-order valence-electron chi connectivity index (χ1n) is 8.61. The molecule has 0 spiro atoms. The van der Waals surface area contributed by atoms with Crippen LogP contribution in [0.4, 0.5) is 5.82 Å². The minimum absolute atomic E-state index is 0.729. The van der Waals surface area contributed by atoms with Gasteiger partial charge in [-0.15, -0.1) is 0 Å². The molecule has 0 aliphatic heterocycles. The number of halogens is 1. The number of anilines is 1. The number of benzene rings is 1. The van der Waals surface area contributed by atoms with Crippen molar-refractivity contribution in [2.24, 2.45) is 0 Å². The molecule has 2 N–H and O–H groups in total. The number of hydrogen-bond acceptors (Lipinski definition) is 3. The lowest BCUT2D eigenvalue weighted by Gasteiger charge is -2.11. The first-order chi connectivity index (χ1) is 12.0. The smallest absolute Gasteiger partial charge is 0.165 e. The molecule has 0 aliphatic rings. The Hall–Kier alpha value is -2.11. The molecular formula is C19H25ClN5+. The second-order valence-corrected chi connectivity index (χ2v) is 7.16. The minimum Gasteiger partial charge on any atom is -0.370 e. The first kappa shape index (κ1) is 17.7. The van der Waals surface area contributed by atoms with Crippen molar-refractivity contribution in [1.82, 2.24) is 14.6 Å². The molecule has 0 amide bonds. The number of hydrogen-bond donors (Lipinski definition) is 2. The fourth-order valence-electron chi connectivity index (χ4n) is 2.98. The number of nitrogens with one attached hydrogen (secondary N) is 2. The van der Waals surface area contributed by atoms with E-state index in [-0.39, 0.29) is 0 Å². The lowest BCUT2D eigenvalue weighted by Crippen LogP contribution is -3.05. The lowest BCUT2D eigenvalue weighted by atomic mass is 10.1. The van der Waals surface area contributed by atoms with Gasteiger partial charge in [-0.1, -0.05) is 23.7 Å². The number of rotatable bonds is 6. The Morgan fingerprint density at radius 3 is 2.56 bits per heavy atom. The van der Waals surface area contributed by atoms with Crippen molar-refractivity contribution in [3.63, 3.8) is 0 Å². The topological polar surface area (TPSA) is 46.7 Å². The maximum Gasteiger partial charge on any atom is 0.165 e. The highest BCUT2D eigenvalue weighted by Crippen LogP contribution is 2.30. The third-order valence-corrected chi connectivity index (χ3v) is 4.44. The molecule has 0 saturated heterocycles. The lowest BCUT2D eigenvalue weighted by molar-refractivity contribution is -0.858. The number of nitrogens with zero attached hydrogens (tertiary/aromatic N) is 3. The van der Waals surface area contributed by atoms with Crippen LogP contribution in [0, 0.1) is 13.8 Å². The molecule has 2 aromatic heterocycles. The van der Waals surface area contributed by atoms with Gasteiger partial charge in [-0.25, -0.2) is 4.98 Å². The SMILES string of the molecule is Cc1cc(NCCC[NH+](C)C)n2nc(C)c(-c3ccc(Cl)cc3)c2n1. The maximum atomic E-state index is 6.03. The van der Waals surface area contributed by atoms with Crippen molar-refractivity contribution in [3.05, 3.63) is 46.7 Å². The van der Waals surface area contributed by atoms with Gasteiger partial charge in [0.15, 0.2) is 5.65 Å². The first-order valence-corrected chi connectivity index (χ1v) is 8.99. The Balaban J connectivity index is 1.98. The van der Waals surface area contributed by atoms with E-state index in [2.05, 4.69) is 19.4 Å². The van der Waals surface area contributed by atoms with Gasteiger partial charge in [-0.05, 0) is 31.5 Å². The minimum atomic E-state index is 0.729. The molecule has 0 saturated carbocycles. The molecule has 132 valence electrons. The zero-order chi connectivity index (χ0) is 18.0. The zero-order valence-corrected chi connectivity index (χ0v) is 16.0. The van der Waals surface area contributed by atoms with Crippen LogP contribution in [0.3, 0.4) is 0 Å². The van der Waals surface area contributed by atoms with E-state index in [4.69, 9.17) is 21.7 Å². The number of fused-ring (bicyclic) bond motifs is 1. The van der Waals surface area contributed by atoms with Crippen molar-refractivity contribution < 1.29 is 4.90 Å². The van der Waals surface area contributed by atoms with Crippen molar-refractivity contribution >= 4 is 23.1 Å². The molecule has 0 aliphatic carbocycles. The van der Waals surface area contributed by atoms with E-state index in [0.29, 0.717) is 0 Å². The Morgan fingerprint density at radius 1 is 1.16 bits per heavy atom. The maximum absolute atomic E-state index is 6.03. The van der Waals surface area contributed by atoms with Gasteiger partial charge in [0, 0.05) is 35.3 Å². The highest BCUT2D eigenvalue weighted by molar-refractivity contribution is 6.30. The van der Waals surface area contributed by atoms with Crippen LogP contribution in [-0.4, -0.2) is 41.8 Å². The normalized spacial score (nSPS) is 11.4. The number of aromatic nitrogens is 3. The standard InChI is InChI=1S/C19H24ClN5/c1-13-12-17(21-10-5-11-24(3)4)25-19(22-13)18(14(2)23-25)15-6-8-16(20)9-7-15/h6-9,12,21H,5,10-11H2,1-4H3/p+1. The summed E-state index contributed by atoms with van der Waals surface area (Å²) < 4.78 is 1.91. The second-order valence-electron chi connectivity index (χ2n) is 6.72. The third-order valence-electron chi connectivity index (χ3n) is 4.18.